The third-order valence-electron chi connectivity index (χ3n) is 3.64. The molecule has 1 unspecified atom stereocenters. The molecular formula is C17H18N2O. The number of likely N-dealkylation sites (N-methyl/N-ethyl adjacent to an activating group) is 1. The summed E-state index contributed by atoms with van der Waals surface area (Å²) in [4.78, 5) is 4.72. The topological polar surface area (TPSA) is 38.1 Å². The molecule has 0 amide bonds. The van der Waals surface area contributed by atoms with Crippen molar-refractivity contribution in [1.29, 1.82) is 0 Å². The van der Waals surface area contributed by atoms with E-state index in [-0.39, 0.29) is 6.04 Å². The van der Waals surface area contributed by atoms with Crippen LogP contribution in [0.4, 0.5) is 0 Å². The third-order valence-corrected chi connectivity index (χ3v) is 3.64. The maximum Gasteiger partial charge on any atom is 0.123 e. The Labute approximate surface area is 118 Å². The largest absolute Gasteiger partial charge is 0.467 e. The molecule has 1 aromatic carbocycles. The first-order valence-electron chi connectivity index (χ1n) is 6.84. The van der Waals surface area contributed by atoms with Crippen LogP contribution in [0.15, 0.2) is 53.1 Å². The Morgan fingerprint density at radius 1 is 1.15 bits per heavy atom. The highest BCUT2D eigenvalue weighted by atomic mass is 16.3. The normalized spacial score (nSPS) is 12.7. The first-order chi connectivity index (χ1) is 9.78. The number of nitrogens with zero attached hydrogens (tertiary/aromatic N) is 1. The van der Waals surface area contributed by atoms with Gasteiger partial charge in [-0.15, -0.1) is 0 Å². The van der Waals surface area contributed by atoms with E-state index in [0.717, 1.165) is 23.4 Å². The number of para-hydroxylation sites is 1. The summed E-state index contributed by atoms with van der Waals surface area (Å²) in [7, 11) is 1.95. The summed E-state index contributed by atoms with van der Waals surface area (Å²) in [6, 6.07) is 14.5. The lowest BCUT2D eigenvalue weighted by Gasteiger charge is -2.14. The Hall–Kier alpha value is -2.13. The van der Waals surface area contributed by atoms with Gasteiger partial charge in [0.05, 0.1) is 17.8 Å². The summed E-state index contributed by atoms with van der Waals surface area (Å²) >= 11 is 0. The molecule has 0 spiro atoms. The fraction of sp³-hybridized carbons (Fsp3) is 0.235. The van der Waals surface area contributed by atoms with Crippen molar-refractivity contribution in [2.24, 2.45) is 0 Å². The summed E-state index contributed by atoms with van der Waals surface area (Å²) < 4.78 is 5.59. The average Bonchev–Trinajstić information content (AvgIpc) is 2.91. The van der Waals surface area contributed by atoms with Gasteiger partial charge in [-0.1, -0.05) is 24.3 Å². The molecule has 0 saturated heterocycles. The molecule has 20 heavy (non-hydrogen) atoms. The SMILES string of the molecule is CNC(Cc1ccc2ccccc2n1)c1occc1C. The Morgan fingerprint density at radius 2 is 2.00 bits per heavy atom. The van der Waals surface area contributed by atoms with E-state index in [9.17, 15) is 0 Å². The van der Waals surface area contributed by atoms with Gasteiger partial charge < -0.3 is 9.73 Å². The van der Waals surface area contributed by atoms with Crippen molar-refractivity contribution < 1.29 is 4.42 Å². The van der Waals surface area contributed by atoms with E-state index in [4.69, 9.17) is 9.40 Å². The molecule has 0 bridgehead atoms. The molecular weight excluding hydrogens is 248 g/mol. The first-order valence-corrected chi connectivity index (χ1v) is 6.84. The first kappa shape index (κ1) is 12.9. The molecule has 3 nitrogen and oxygen atoms in total. The second-order valence-electron chi connectivity index (χ2n) is 5.01. The molecule has 2 aromatic heterocycles. The number of nitrogens with one attached hydrogen (secondary N) is 1. The fourth-order valence-corrected chi connectivity index (χ4v) is 2.50. The van der Waals surface area contributed by atoms with E-state index in [1.54, 1.807) is 6.26 Å². The quantitative estimate of drug-likeness (QED) is 0.783. The van der Waals surface area contributed by atoms with Crippen LogP contribution in [-0.4, -0.2) is 12.0 Å². The zero-order valence-electron chi connectivity index (χ0n) is 11.8. The molecule has 1 atom stereocenters. The van der Waals surface area contributed by atoms with Crippen LogP contribution >= 0.6 is 0 Å². The predicted molar refractivity (Wildman–Crippen MR) is 80.7 cm³/mol. The van der Waals surface area contributed by atoms with E-state index >= 15 is 0 Å². The van der Waals surface area contributed by atoms with Crippen LogP contribution in [0.3, 0.4) is 0 Å². The summed E-state index contributed by atoms with van der Waals surface area (Å²) in [5.41, 5.74) is 3.28. The second-order valence-corrected chi connectivity index (χ2v) is 5.01. The number of aromatic nitrogens is 1. The number of hydrogen-bond acceptors (Lipinski definition) is 3. The summed E-state index contributed by atoms with van der Waals surface area (Å²) in [6.45, 7) is 2.07. The number of pyridine rings is 1. The molecule has 3 rings (SSSR count). The standard InChI is InChI=1S/C17H18N2O/c1-12-9-10-20-17(12)16(18-2)11-14-8-7-13-5-3-4-6-15(13)19-14/h3-10,16,18H,11H2,1-2H3. The van der Waals surface area contributed by atoms with Gasteiger partial charge in [0, 0.05) is 17.5 Å². The van der Waals surface area contributed by atoms with Crippen molar-refractivity contribution in [2.45, 2.75) is 19.4 Å². The number of fused-ring (bicyclic) bond motifs is 1. The zero-order valence-corrected chi connectivity index (χ0v) is 11.8. The summed E-state index contributed by atoms with van der Waals surface area (Å²) in [6.07, 6.45) is 2.55. The highest BCUT2D eigenvalue weighted by molar-refractivity contribution is 5.78. The molecule has 0 fully saturated rings. The zero-order chi connectivity index (χ0) is 13.9. The van der Waals surface area contributed by atoms with Crippen LogP contribution < -0.4 is 5.32 Å². The minimum atomic E-state index is 0.152. The van der Waals surface area contributed by atoms with Crippen LogP contribution in [0.1, 0.15) is 23.1 Å². The van der Waals surface area contributed by atoms with Gasteiger partial charge in [-0.25, -0.2) is 0 Å². The highest BCUT2D eigenvalue weighted by Gasteiger charge is 2.16. The molecule has 3 heteroatoms. The molecule has 0 aliphatic heterocycles. The maximum atomic E-state index is 5.59. The molecule has 102 valence electrons. The van der Waals surface area contributed by atoms with Crippen molar-refractivity contribution in [3.8, 4) is 0 Å². The molecule has 0 aliphatic rings. The van der Waals surface area contributed by atoms with Gasteiger partial charge >= 0.3 is 0 Å². The van der Waals surface area contributed by atoms with Crippen molar-refractivity contribution in [1.82, 2.24) is 10.3 Å². The highest BCUT2D eigenvalue weighted by Crippen LogP contribution is 2.22. The van der Waals surface area contributed by atoms with Crippen molar-refractivity contribution in [3.63, 3.8) is 0 Å². The van der Waals surface area contributed by atoms with Crippen LogP contribution in [0, 0.1) is 6.92 Å². The van der Waals surface area contributed by atoms with Gasteiger partial charge in [0.25, 0.3) is 0 Å². The fourth-order valence-electron chi connectivity index (χ4n) is 2.50. The maximum absolute atomic E-state index is 5.59. The van der Waals surface area contributed by atoms with E-state index in [0.29, 0.717) is 0 Å². The number of furan rings is 1. The second kappa shape index (κ2) is 5.47. The average molecular weight is 266 g/mol. The minimum Gasteiger partial charge on any atom is -0.467 e. The van der Waals surface area contributed by atoms with Crippen LogP contribution in [0.2, 0.25) is 0 Å². The molecule has 3 aromatic rings. The monoisotopic (exact) mass is 266 g/mol. The summed E-state index contributed by atoms with van der Waals surface area (Å²) in [5, 5.41) is 4.48. The Morgan fingerprint density at radius 3 is 2.75 bits per heavy atom. The Kier molecular flexibility index (Phi) is 3.52. The van der Waals surface area contributed by atoms with E-state index in [1.165, 1.54) is 10.9 Å². The lowest BCUT2D eigenvalue weighted by molar-refractivity contribution is 0.425. The number of rotatable bonds is 4. The van der Waals surface area contributed by atoms with Crippen LogP contribution in [-0.2, 0) is 6.42 Å². The molecule has 0 saturated carbocycles. The predicted octanol–water partition coefficient (Wildman–Crippen LogP) is 3.64. The van der Waals surface area contributed by atoms with Gasteiger partial charge in [-0.3, -0.25) is 4.98 Å². The lowest BCUT2D eigenvalue weighted by Crippen LogP contribution is -2.19. The van der Waals surface area contributed by atoms with Gasteiger partial charge in [-0.05, 0) is 37.7 Å². The van der Waals surface area contributed by atoms with Crippen molar-refractivity contribution in [3.05, 3.63) is 65.7 Å². The van der Waals surface area contributed by atoms with E-state index in [1.807, 2.05) is 31.3 Å². The van der Waals surface area contributed by atoms with Crippen molar-refractivity contribution >= 4 is 10.9 Å². The van der Waals surface area contributed by atoms with E-state index < -0.39 is 0 Å². The lowest BCUT2D eigenvalue weighted by atomic mass is 10.0. The Bertz CT molecular complexity index is 718. The van der Waals surface area contributed by atoms with Gasteiger partial charge in [0.1, 0.15) is 5.76 Å². The molecule has 1 N–H and O–H groups in total. The molecule has 0 aliphatic carbocycles. The Balaban J connectivity index is 1.89. The van der Waals surface area contributed by atoms with Crippen LogP contribution in [0.25, 0.3) is 10.9 Å². The molecule has 0 radical (unpaired) electrons. The number of hydrogen-bond donors (Lipinski definition) is 1. The van der Waals surface area contributed by atoms with Gasteiger partial charge in [0.2, 0.25) is 0 Å². The minimum absolute atomic E-state index is 0.152. The summed E-state index contributed by atoms with van der Waals surface area (Å²) in [5.74, 6) is 0.988. The van der Waals surface area contributed by atoms with Crippen LogP contribution in [0.5, 0.6) is 0 Å². The van der Waals surface area contributed by atoms with Gasteiger partial charge in [0.15, 0.2) is 0 Å². The van der Waals surface area contributed by atoms with Crippen molar-refractivity contribution in [2.75, 3.05) is 7.05 Å². The number of aryl methyl sites for hydroxylation is 1. The number of benzene rings is 1. The van der Waals surface area contributed by atoms with Gasteiger partial charge in [-0.2, -0.15) is 0 Å². The smallest absolute Gasteiger partial charge is 0.123 e. The third kappa shape index (κ3) is 2.45. The van der Waals surface area contributed by atoms with E-state index in [2.05, 4.69) is 30.4 Å². The molecule has 2 heterocycles.